The zero-order valence-corrected chi connectivity index (χ0v) is 19.4. The van der Waals surface area contributed by atoms with Crippen molar-refractivity contribution in [1.29, 1.82) is 0 Å². The third kappa shape index (κ3) is 5.82. The number of halogens is 2. The van der Waals surface area contributed by atoms with Crippen LogP contribution in [0, 0.1) is 23.5 Å². The lowest BCUT2D eigenvalue weighted by Gasteiger charge is -2.32. The Balaban J connectivity index is 1.28. The number of rotatable bonds is 8. The summed E-state index contributed by atoms with van der Waals surface area (Å²) >= 11 is 0. The fourth-order valence-electron chi connectivity index (χ4n) is 4.91. The molecule has 1 aliphatic heterocycles. The standard InChI is InChI=1S/C28H34F2O3/c1-3-19-5-7-20(8-6-19)17-32-26-16-13-23(18-33-26)21-9-11-22(12-10-21)24-14-15-25(31-4-2)28(30)27(24)29/h3,9-12,14-15,19-20,23,26H,1,4-8,13,16-18H2,2H3. The van der Waals surface area contributed by atoms with E-state index in [2.05, 4.69) is 12.7 Å². The highest BCUT2D eigenvalue weighted by Gasteiger charge is 2.26. The molecule has 1 heterocycles. The zero-order chi connectivity index (χ0) is 23.2. The van der Waals surface area contributed by atoms with Crippen LogP contribution >= 0.6 is 0 Å². The fraction of sp³-hybridized carbons (Fsp3) is 0.500. The lowest BCUT2D eigenvalue weighted by molar-refractivity contribution is -0.175. The van der Waals surface area contributed by atoms with Crippen molar-refractivity contribution < 1.29 is 23.0 Å². The van der Waals surface area contributed by atoms with Gasteiger partial charge in [-0.25, -0.2) is 4.39 Å². The van der Waals surface area contributed by atoms with Crippen molar-refractivity contribution in [1.82, 2.24) is 0 Å². The van der Waals surface area contributed by atoms with E-state index in [0.29, 0.717) is 24.0 Å². The van der Waals surface area contributed by atoms with Crippen LogP contribution in [0.4, 0.5) is 8.78 Å². The molecule has 2 unspecified atom stereocenters. The van der Waals surface area contributed by atoms with Crippen LogP contribution < -0.4 is 4.74 Å². The molecule has 1 aliphatic carbocycles. The third-order valence-corrected chi connectivity index (χ3v) is 7.02. The van der Waals surface area contributed by atoms with Crippen LogP contribution in [0.2, 0.25) is 0 Å². The van der Waals surface area contributed by atoms with Crippen molar-refractivity contribution in [2.45, 2.75) is 57.7 Å². The molecule has 2 atom stereocenters. The molecule has 3 nitrogen and oxygen atoms in total. The number of hydrogen-bond acceptors (Lipinski definition) is 3. The second kappa shape index (κ2) is 11.3. The quantitative estimate of drug-likeness (QED) is 0.391. The zero-order valence-electron chi connectivity index (χ0n) is 19.4. The summed E-state index contributed by atoms with van der Waals surface area (Å²) in [6, 6.07) is 10.7. The molecule has 0 amide bonds. The first-order chi connectivity index (χ1) is 16.1. The largest absolute Gasteiger partial charge is 0.491 e. The molecular formula is C28H34F2O3. The van der Waals surface area contributed by atoms with Gasteiger partial charge in [-0.1, -0.05) is 30.3 Å². The Kier molecular flexibility index (Phi) is 8.15. The predicted molar refractivity (Wildman–Crippen MR) is 126 cm³/mol. The molecule has 2 fully saturated rings. The Morgan fingerprint density at radius 1 is 0.970 bits per heavy atom. The molecule has 0 spiro atoms. The van der Waals surface area contributed by atoms with Gasteiger partial charge in [-0.15, -0.1) is 6.58 Å². The summed E-state index contributed by atoms with van der Waals surface area (Å²) in [5.74, 6) is -0.307. The van der Waals surface area contributed by atoms with Gasteiger partial charge in [0.25, 0.3) is 0 Å². The Morgan fingerprint density at radius 3 is 2.36 bits per heavy atom. The molecule has 5 heteroatoms. The molecule has 2 aliphatic rings. The van der Waals surface area contributed by atoms with E-state index in [9.17, 15) is 8.78 Å². The van der Waals surface area contributed by atoms with Crippen LogP contribution in [0.15, 0.2) is 49.1 Å². The van der Waals surface area contributed by atoms with Gasteiger partial charge in [-0.2, -0.15) is 4.39 Å². The SMILES string of the molecule is C=CC1CCC(COC2CCC(c3ccc(-c4ccc(OCC)c(F)c4F)cc3)CO2)CC1. The maximum Gasteiger partial charge on any atom is 0.201 e. The number of ether oxygens (including phenoxy) is 3. The van der Waals surface area contributed by atoms with Gasteiger partial charge in [0, 0.05) is 11.5 Å². The molecule has 0 aromatic heterocycles. The summed E-state index contributed by atoms with van der Waals surface area (Å²) < 4.78 is 45.9. The van der Waals surface area contributed by atoms with E-state index in [-0.39, 0.29) is 30.1 Å². The minimum absolute atomic E-state index is 0.0593. The molecule has 178 valence electrons. The monoisotopic (exact) mass is 456 g/mol. The van der Waals surface area contributed by atoms with Crippen molar-refractivity contribution in [2.75, 3.05) is 19.8 Å². The molecular weight excluding hydrogens is 422 g/mol. The van der Waals surface area contributed by atoms with Crippen molar-refractivity contribution >= 4 is 0 Å². The molecule has 4 rings (SSSR count). The van der Waals surface area contributed by atoms with Crippen molar-refractivity contribution in [3.63, 3.8) is 0 Å². The second-order valence-electron chi connectivity index (χ2n) is 9.18. The normalized spacial score (nSPS) is 25.5. The Bertz CT molecular complexity index is 911. The van der Waals surface area contributed by atoms with Crippen LogP contribution in [-0.2, 0) is 9.47 Å². The van der Waals surface area contributed by atoms with Crippen LogP contribution in [0.5, 0.6) is 5.75 Å². The minimum atomic E-state index is -0.945. The lowest BCUT2D eigenvalue weighted by Crippen LogP contribution is -2.29. The topological polar surface area (TPSA) is 27.7 Å². The number of hydrogen-bond donors (Lipinski definition) is 0. The highest BCUT2D eigenvalue weighted by Crippen LogP contribution is 2.34. The van der Waals surface area contributed by atoms with Gasteiger partial charge in [0.2, 0.25) is 5.82 Å². The molecule has 33 heavy (non-hydrogen) atoms. The molecule has 1 saturated carbocycles. The molecule has 2 aromatic rings. The van der Waals surface area contributed by atoms with Gasteiger partial charge in [0.05, 0.1) is 19.8 Å². The summed E-state index contributed by atoms with van der Waals surface area (Å²) in [7, 11) is 0. The predicted octanol–water partition coefficient (Wildman–Crippen LogP) is 7.26. The molecule has 0 bridgehead atoms. The van der Waals surface area contributed by atoms with Gasteiger partial charge < -0.3 is 14.2 Å². The summed E-state index contributed by atoms with van der Waals surface area (Å²) in [4.78, 5) is 0. The number of allylic oxidation sites excluding steroid dienone is 1. The molecule has 0 N–H and O–H groups in total. The van der Waals surface area contributed by atoms with E-state index in [4.69, 9.17) is 14.2 Å². The summed E-state index contributed by atoms with van der Waals surface area (Å²) in [5, 5.41) is 0. The van der Waals surface area contributed by atoms with Gasteiger partial charge >= 0.3 is 0 Å². The maximum atomic E-state index is 14.5. The highest BCUT2D eigenvalue weighted by atomic mass is 19.2. The van der Waals surface area contributed by atoms with E-state index in [1.807, 2.05) is 24.3 Å². The van der Waals surface area contributed by atoms with Crippen molar-refractivity contribution in [3.05, 3.63) is 66.3 Å². The summed E-state index contributed by atoms with van der Waals surface area (Å²) in [6.07, 6.45) is 8.66. The molecule has 1 saturated heterocycles. The maximum absolute atomic E-state index is 14.5. The first-order valence-corrected chi connectivity index (χ1v) is 12.2. The van der Waals surface area contributed by atoms with Crippen molar-refractivity contribution in [2.24, 2.45) is 11.8 Å². The first kappa shape index (κ1) is 23.9. The summed E-state index contributed by atoms with van der Waals surface area (Å²) in [5.41, 5.74) is 2.02. The highest BCUT2D eigenvalue weighted by molar-refractivity contribution is 5.65. The van der Waals surface area contributed by atoms with E-state index < -0.39 is 11.6 Å². The number of benzene rings is 2. The average molecular weight is 457 g/mol. The van der Waals surface area contributed by atoms with Gasteiger partial charge in [-0.05, 0) is 80.5 Å². The van der Waals surface area contributed by atoms with Gasteiger partial charge in [-0.3, -0.25) is 0 Å². The molecule has 0 radical (unpaired) electrons. The van der Waals surface area contributed by atoms with E-state index >= 15 is 0 Å². The smallest absolute Gasteiger partial charge is 0.201 e. The molecule has 2 aromatic carbocycles. The van der Waals surface area contributed by atoms with Crippen LogP contribution in [0.25, 0.3) is 11.1 Å². The van der Waals surface area contributed by atoms with Crippen LogP contribution in [-0.4, -0.2) is 26.1 Å². The first-order valence-electron chi connectivity index (χ1n) is 12.2. The minimum Gasteiger partial charge on any atom is -0.491 e. The van der Waals surface area contributed by atoms with Gasteiger partial charge in [0.15, 0.2) is 17.9 Å². The van der Waals surface area contributed by atoms with Crippen LogP contribution in [0.3, 0.4) is 0 Å². The van der Waals surface area contributed by atoms with Crippen molar-refractivity contribution in [3.8, 4) is 16.9 Å². The second-order valence-corrected chi connectivity index (χ2v) is 9.18. The average Bonchev–Trinajstić information content (AvgIpc) is 2.87. The van der Waals surface area contributed by atoms with E-state index in [1.54, 1.807) is 13.0 Å². The van der Waals surface area contributed by atoms with Crippen LogP contribution in [0.1, 0.15) is 56.9 Å². The lowest BCUT2D eigenvalue weighted by atomic mass is 9.82. The Hall–Kier alpha value is -2.24. The third-order valence-electron chi connectivity index (χ3n) is 7.02. The van der Waals surface area contributed by atoms with E-state index in [0.717, 1.165) is 25.0 Å². The van der Waals surface area contributed by atoms with E-state index in [1.165, 1.54) is 31.7 Å². The van der Waals surface area contributed by atoms with Gasteiger partial charge in [0.1, 0.15) is 0 Å². The Labute approximate surface area is 195 Å². The summed E-state index contributed by atoms with van der Waals surface area (Å²) in [6.45, 7) is 7.32. The Morgan fingerprint density at radius 2 is 1.73 bits per heavy atom. The fourth-order valence-corrected chi connectivity index (χ4v) is 4.91.